The van der Waals surface area contributed by atoms with E-state index in [-0.39, 0.29) is 17.3 Å². The van der Waals surface area contributed by atoms with Crippen molar-refractivity contribution in [3.05, 3.63) is 41.2 Å². The zero-order valence-electron chi connectivity index (χ0n) is 16.9. The summed E-state index contributed by atoms with van der Waals surface area (Å²) in [6.45, 7) is 8.48. The summed E-state index contributed by atoms with van der Waals surface area (Å²) in [5, 5.41) is 7.20. The number of anilines is 1. The zero-order valence-corrected chi connectivity index (χ0v) is 17.7. The maximum Gasteiger partial charge on any atom is 0.246 e. The third-order valence-corrected chi connectivity index (χ3v) is 7.52. The first kappa shape index (κ1) is 20.5. The Hall–Kier alpha value is -2.19. The van der Waals surface area contributed by atoms with Gasteiger partial charge in [0.05, 0.1) is 11.4 Å². The molecule has 0 bridgehead atoms. The topological polar surface area (TPSA) is 84.3 Å². The second-order valence-corrected chi connectivity index (χ2v) is 9.48. The van der Waals surface area contributed by atoms with E-state index in [1.807, 2.05) is 31.2 Å². The molecule has 2 heterocycles. The highest BCUT2D eigenvalue weighted by Gasteiger charge is 2.33. The predicted octanol–water partition coefficient (Wildman–Crippen LogP) is 2.87. The van der Waals surface area contributed by atoms with E-state index in [4.69, 9.17) is 0 Å². The van der Waals surface area contributed by atoms with Crippen LogP contribution in [0.1, 0.15) is 36.7 Å². The SMILES string of the molecule is Cc1ccccc1NC(=O)Cn1nc(C)c(S(=O)(=O)N2CCC(C)CC2)c1C. The molecular weight excluding hydrogens is 376 g/mol. The van der Waals surface area contributed by atoms with Crippen molar-refractivity contribution in [1.82, 2.24) is 14.1 Å². The van der Waals surface area contributed by atoms with Gasteiger partial charge in [-0.2, -0.15) is 9.40 Å². The van der Waals surface area contributed by atoms with Gasteiger partial charge in [0.2, 0.25) is 15.9 Å². The van der Waals surface area contributed by atoms with Gasteiger partial charge in [0.15, 0.2) is 0 Å². The standard InChI is InChI=1S/C20H28N4O3S/c1-14-9-11-23(12-10-14)28(26,27)20-16(3)22-24(17(20)4)13-19(25)21-18-8-6-5-7-15(18)2/h5-8,14H,9-13H2,1-4H3,(H,21,25). The average molecular weight is 405 g/mol. The van der Waals surface area contributed by atoms with Crippen molar-refractivity contribution in [2.45, 2.75) is 52.0 Å². The molecule has 8 heteroatoms. The van der Waals surface area contributed by atoms with Gasteiger partial charge in [-0.1, -0.05) is 25.1 Å². The minimum absolute atomic E-state index is 0.0342. The van der Waals surface area contributed by atoms with E-state index in [0.29, 0.717) is 30.4 Å². The molecule has 2 aromatic rings. The quantitative estimate of drug-likeness (QED) is 0.830. The van der Waals surface area contributed by atoms with Crippen molar-refractivity contribution in [2.24, 2.45) is 5.92 Å². The molecule has 1 fully saturated rings. The van der Waals surface area contributed by atoms with E-state index in [2.05, 4.69) is 17.3 Å². The molecule has 0 atom stereocenters. The highest BCUT2D eigenvalue weighted by atomic mass is 32.2. The number of nitrogens with zero attached hydrogens (tertiary/aromatic N) is 3. The van der Waals surface area contributed by atoms with Gasteiger partial charge >= 0.3 is 0 Å². The van der Waals surface area contributed by atoms with Crippen LogP contribution in [0, 0.1) is 26.7 Å². The van der Waals surface area contributed by atoms with Crippen molar-refractivity contribution < 1.29 is 13.2 Å². The third-order valence-electron chi connectivity index (χ3n) is 5.37. The van der Waals surface area contributed by atoms with Crippen molar-refractivity contribution in [2.75, 3.05) is 18.4 Å². The van der Waals surface area contributed by atoms with Crippen molar-refractivity contribution in [1.29, 1.82) is 0 Å². The van der Waals surface area contributed by atoms with Crippen molar-refractivity contribution in [3.8, 4) is 0 Å². The number of piperidine rings is 1. The Labute approximate surface area is 166 Å². The molecule has 0 spiro atoms. The van der Waals surface area contributed by atoms with Crippen LogP contribution >= 0.6 is 0 Å². The Morgan fingerprint density at radius 2 is 1.82 bits per heavy atom. The number of rotatable bonds is 5. The predicted molar refractivity (Wildman–Crippen MR) is 109 cm³/mol. The number of aryl methyl sites for hydroxylation is 2. The van der Waals surface area contributed by atoms with E-state index >= 15 is 0 Å². The molecule has 3 rings (SSSR count). The number of hydrogen-bond donors (Lipinski definition) is 1. The Morgan fingerprint density at radius 1 is 1.18 bits per heavy atom. The van der Waals surface area contributed by atoms with Gasteiger partial charge in [-0.25, -0.2) is 8.42 Å². The number of amides is 1. The summed E-state index contributed by atoms with van der Waals surface area (Å²) in [6.07, 6.45) is 1.73. The summed E-state index contributed by atoms with van der Waals surface area (Å²) in [6, 6.07) is 7.52. The Kier molecular flexibility index (Phi) is 5.90. The second kappa shape index (κ2) is 8.05. The summed E-state index contributed by atoms with van der Waals surface area (Å²) in [7, 11) is -3.61. The number of sulfonamides is 1. The largest absolute Gasteiger partial charge is 0.324 e. The lowest BCUT2D eigenvalue weighted by Gasteiger charge is -2.29. The monoisotopic (exact) mass is 404 g/mol. The number of carbonyl (C=O) groups is 1. The fourth-order valence-electron chi connectivity index (χ4n) is 3.60. The van der Waals surface area contributed by atoms with Crippen LogP contribution in [0.5, 0.6) is 0 Å². The normalized spacial score (nSPS) is 16.3. The number of hydrogen-bond acceptors (Lipinski definition) is 4. The van der Waals surface area contributed by atoms with E-state index in [9.17, 15) is 13.2 Å². The highest BCUT2D eigenvalue weighted by molar-refractivity contribution is 7.89. The number of benzene rings is 1. The Bertz CT molecular complexity index is 973. The zero-order chi connectivity index (χ0) is 20.5. The molecule has 1 aliphatic rings. The molecule has 1 aromatic heterocycles. The first-order valence-corrected chi connectivity index (χ1v) is 11.0. The van der Waals surface area contributed by atoms with Gasteiger partial charge in [-0.3, -0.25) is 9.48 Å². The van der Waals surface area contributed by atoms with E-state index in [1.165, 1.54) is 4.68 Å². The summed E-state index contributed by atoms with van der Waals surface area (Å²) in [5.41, 5.74) is 2.63. The molecule has 1 N–H and O–H groups in total. The second-order valence-electron chi connectivity index (χ2n) is 7.61. The molecule has 1 aliphatic heterocycles. The Balaban J connectivity index is 1.80. The van der Waals surface area contributed by atoms with Crippen LogP contribution in [0.25, 0.3) is 0 Å². The van der Waals surface area contributed by atoms with Gasteiger partial charge in [0.1, 0.15) is 11.4 Å². The molecular formula is C20H28N4O3S. The molecule has 28 heavy (non-hydrogen) atoms. The molecule has 1 saturated heterocycles. The first-order chi connectivity index (χ1) is 13.2. The molecule has 0 saturated carbocycles. The van der Waals surface area contributed by atoms with Crippen LogP contribution < -0.4 is 5.32 Å². The minimum atomic E-state index is -3.61. The van der Waals surface area contributed by atoms with Crippen LogP contribution in [0.3, 0.4) is 0 Å². The molecule has 1 aromatic carbocycles. The molecule has 0 unspecified atom stereocenters. The fraction of sp³-hybridized carbons (Fsp3) is 0.500. The third kappa shape index (κ3) is 4.12. The van der Waals surface area contributed by atoms with Gasteiger partial charge in [0, 0.05) is 18.8 Å². The van der Waals surface area contributed by atoms with Crippen LogP contribution in [0.2, 0.25) is 0 Å². The summed E-state index contributed by atoms with van der Waals surface area (Å²) >= 11 is 0. The number of carbonyl (C=O) groups excluding carboxylic acids is 1. The number of aromatic nitrogens is 2. The first-order valence-electron chi connectivity index (χ1n) is 9.59. The lowest BCUT2D eigenvalue weighted by molar-refractivity contribution is -0.116. The van der Waals surface area contributed by atoms with Crippen molar-refractivity contribution >= 4 is 21.6 Å². The maximum atomic E-state index is 13.1. The molecule has 152 valence electrons. The van der Waals surface area contributed by atoms with Crippen LogP contribution in [0.15, 0.2) is 29.2 Å². The van der Waals surface area contributed by atoms with Crippen LogP contribution in [0.4, 0.5) is 5.69 Å². The van der Waals surface area contributed by atoms with Gasteiger partial charge in [-0.15, -0.1) is 0 Å². The lowest BCUT2D eigenvalue weighted by Crippen LogP contribution is -2.38. The maximum absolute atomic E-state index is 13.1. The number of para-hydroxylation sites is 1. The average Bonchev–Trinajstić information content (AvgIpc) is 2.91. The van der Waals surface area contributed by atoms with Gasteiger partial charge in [-0.05, 0) is 51.2 Å². The van der Waals surface area contributed by atoms with E-state index in [0.717, 1.165) is 24.1 Å². The molecule has 0 aliphatic carbocycles. The molecule has 0 radical (unpaired) electrons. The number of nitrogens with one attached hydrogen (secondary N) is 1. The lowest BCUT2D eigenvalue weighted by atomic mass is 10.0. The van der Waals surface area contributed by atoms with Gasteiger partial charge < -0.3 is 5.32 Å². The smallest absolute Gasteiger partial charge is 0.246 e. The van der Waals surface area contributed by atoms with Gasteiger partial charge in [0.25, 0.3) is 0 Å². The van der Waals surface area contributed by atoms with Crippen LogP contribution in [-0.4, -0.2) is 41.5 Å². The summed E-state index contributed by atoms with van der Waals surface area (Å²) < 4.78 is 29.3. The summed E-state index contributed by atoms with van der Waals surface area (Å²) in [5.74, 6) is 0.303. The fourth-order valence-corrected chi connectivity index (χ4v) is 5.44. The minimum Gasteiger partial charge on any atom is -0.324 e. The summed E-state index contributed by atoms with van der Waals surface area (Å²) in [4.78, 5) is 12.7. The van der Waals surface area contributed by atoms with Crippen LogP contribution in [-0.2, 0) is 21.4 Å². The van der Waals surface area contributed by atoms with E-state index < -0.39 is 10.0 Å². The molecule has 1 amide bonds. The van der Waals surface area contributed by atoms with Crippen molar-refractivity contribution in [3.63, 3.8) is 0 Å². The Morgan fingerprint density at radius 3 is 2.46 bits per heavy atom. The van der Waals surface area contributed by atoms with E-state index in [1.54, 1.807) is 18.2 Å². The molecule has 7 nitrogen and oxygen atoms in total. The highest BCUT2D eigenvalue weighted by Crippen LogP contribution is 2.27.